The van der Waals surface area contributed by atoms with E-state index in [4.69, 9.17) is 4.74 Å². The highest BCUT2D eigenvalue weighted by Crippen LogP contribution is 2.16. The predicted octanol–water partition coefficient (Wildman–Crippen LogP) is 2.46. The zero-order valence-corrected chi connectivity index (χ0v) is 15.9. The number of esters is 1. The van der Waals surface area contributed by atoms with E-state index in [2.05, 4.69) is 9.88 Å². The Morgan fingerprint density at radius 1 is 1.07 bits per heavy atom. The lowest BCUT2D eigenvalue weighted by Crippen LogP contribution is -2.49. The summed E-state index contributed by atoms with van der Waals surface area (Å²) >= 11 is 0. The number of nitrogens with zero attached hydrogens (tertiary/aromatic N) is 3. The van der Waals surface area contributed by atoms with Gasteiger partial charge in [-0.3, -0.25) is 4.79 Å². The van der Waals surface area contributed by atoms with Gasteiger partial charge in [-0.15, -0.1) is 0 Å². The Balaban J connectivity index is 1.55. The first-order chi connectivity index (χ1) is 13.1. The van der Waals surface area contributed by atoms with Gasteiger partial charge in [0.2, 0.25) is 5.91 Å². The third-order valence-corrected chi connectivity index (χ3v) is 4.82. The molecule has 1 aromatic carbocycles. The van der Waals surface area contributed by atoms with Crippen molar-refractivity contribution in [3.05, 3.63) is 59.3 Å². The van der Waals surface area contributed by atoms with Crippen molar-refractivity contribution >= 4 is 17.7 Å². The van der Waals surface area contributed by atoms with Gasteiger partial charge in [-0.05, 0) is 37.1 Å². The lowest BCUT2D eigenvalue weighted by molar-refractivity contribution is -0.130. The fraction of sp³-hybridized carbons (Fsp3) is 0.381. The van der Waals surface area contributed by atoms with Crippen LogP contribution in [0, 0.1) is 6.92 Å². The number of rotatable bonds is 5. The Bertz CT molecular complexity index is 797. The van der Waals surface area contributed by atoms with Gasteiger partial charge in [0.15, 0.2) is 0 Å². The monoisotopic (exact) mass is 367 g/mol. The number of hydrogen-bond donors (Lipinski definition) is 0. The zero-order chi connectivity index (χ0) is 19.2. The molecule has 142 valence electrons. The second-order valence-corrected chi connectivity index (χ2v) is 6.60. The average Bonchev–Trinajstić information content (AvgIpc) is 2.70. The van der Waals surface area contributed by atoms with Crippen LogP contribution in [0.1, 0.15) is 28.4 Å². The van der Waals surface area contributed by atoms with Gasteiger partial charge < -0.3 is 14.5 Å². The molecule has 3 rings (SSSR count). The Kier molecular flexibility index (Phi) is 6.06. The molecule has 1 aliphatic rings. The number of aromatic nitrogens is 1. The van der Waals surface area contributed by atoms with E-state index < -0.39 is 0 Å². The van der Waals surface area contributed by atoms with Gasteiger partial charge in [0.25, 0.3) is 0 Å². The van der Waals surface area contributed by atoms with Gasteiger partial charge in [-0.2, -0.15) is 0 Å². The summed E-state index contributed by atoms with van der Waals surface area (Å²) in [5, 5.41) is 0. The number of piperazine rings is 1. The molecule has 0 saturated carbocycles. The van der Waals surface area contributed by atoms with Gasteiger partial charge in [-0.1, -0.05) is 24.3 Å². The summed E-state index contributed by atoms with van der Waals surface area (Å²) in [6, 6.07) is 11.6. The van der Waals surface area contributed by atoms with Crippen molar-refractivity contribution in [2.45, 2.75) is 20.3 Å². The van der Waals surface area contributed by atoms with E-state index in [0.717, 1.165) is 30.0 Å². The number of amides is 1. The number of benzene rings is 1. The van der Waals surface area contributed by atoms with Crippen molar-refractivity contribution < 1.29 is 14.3 Å². The minimum Gasteiger partial charge on any atom is -0.462 e. The highest BCUT2D eigenvalue weighted by molar-refractivity contribution is 5.89. The summed E-state index contributed by atoms with van der Waals surface area (Å²) in [5.41, 5.74) is 2.68. The summed E-state index contributed by atoms with van der Waals surface area (Å²) < 4.78 is 4.97. The molecule has 6 nitrogen and oxygen atoms in total. The third kappa shape index (κ3) is 4.64. The molecule has 0 atom stereocenters. The number of pyridine rings is 1. The predicted molar refractivity (Wildman–Crippen MR) is 104 cm³/mol. The third-order valence-electron chi connectivity index (χ3n) is 4.82. The second kappa shape index (κ2) is 8.66. The minimum absolute atomic E-state index is 0.162. The normalized spacial score (nSPS) is 14.1. The molecule has 2 aromatic rings. The summed E-state index contributed by atoms with van der Waals surface area (Å²) in [5.74, 6) is 0.617. The highest BCUT2D eigenvalue weighted by atomic mass is 16.5. The Morgan fingerprint density at radius 2 is 1.81 bits per heavy atom. The zero-order valence-electron chi connectivity index (χ0n) is 15.9. The van der Waals surface area contributed by atoms with Crippen LogP contribution in [0.2, 0.25) is 0 Å². The van der Waals surface area contributed by atoms with E-state index in [0.29, 0.717) is 31.7 Å². The molecule has 0 bridgehead atoms. The maximum Gasteiger partial charge on any atom is 0.339 e. The molecule has 27 heavy (non-hydrogen) atoms. The van der Waals surface area contributed by atoms with Crippen LogP contribution < -0.4 is 4.90 Å². The van der Waals surface area contributed by atoms with Crippen LogP contribution in [0.5, 0.6) is 0 Å². The molecular weight excluding hydrogens is 342 g/mol. The molecule has 2 heterocycles. The maximum atomic E-state index is 12.6. The lowest BCUT2D eigenvalue weighted by Gasteiger charge is -2.35. The van der Waals surface area contributed by atoms with Gasteiger partial charge in [0.05, 0.1) is 18.6 Å². The van der Waals surface area contributed by atoms with Crippen molar-refractivity contribution in [1.82, 2.24) is 9.88 Å². The van der Waals surface area contributed by atoms with Crippen LogP contribution in [-0.4, -0.2) is 54.5 Å². The smallest absolute Gasteiger partial charge is 0.339 e. The molecule has 1 fully saturated rings. The topological polar surface area (TPSA) is 62.7 Å². The second-order valence-electron chi connectivity index (χ2n) is 6.60. The number of anilines is 1. The largest absolute Gasteiger partial charge is 0.462 e. The van der Waals surface area contributed by atoms with Crippen molar-refractivity contribution in [2.24, 2.45) is 0 Å². The summed E-state index contributed by atoms with van der Waals surface area (Å²) in [7, 11) is 0. The fourth-order valence-corrected chi connectivity index (χ4v) is 3.18. The van der Waals surface area contributed by atoms with Gasteiger partial charge in [0, 0.05) is 32.4 Å². The van der Waals surface area contributed by atoms with E-state index >= 15 is 0 Å². The molecule has 0 unspecified atom stereocenters. The van der Waals surface area contributed by atoms with Crippen LogP contribution in [0.4, 0.5) is 5.82 Å². The fourth-order valence-electron chi connectivity index (χ4n) is 3.18. The maximum absolute atomic E-state index is 12.6. The standard InChI is InChI=1S/C21H25N3O3/c1-3-27-21(26)18-8-9-19(22-15-18)23-10-12-24(13-11-23)20(25)14-17-7-5-4-6-16(17)2/h4-9,15H,3,10-14H2,1-2H3. The van der Waals surface area contributed by atoms with Crippen LogP contribution in [0.3, 0.4) is 0 Å². The van der Waals surface area contributed by atoms with E-state index in [9.17, 15) is 9.59 Å². The van der Waals surface area contributed by atoms with Crippen molar-refractivity contribution in [3.8, 4) is 0 Å². The van der Waals surface area contributed by atoms with Gasteiger partial charge in [-0.25, -0.2) is 9.78 Å². The van der Waals surface area contributed by atoms with Crippen LogP contribution in [0.25, 0.3) is 0 Å². The summed E-state index contributed by atoms with van der Waals surface area (Å²) in [4.78, 5) is 32.7. The van der Waals surface area contributed by atoms with Crippen LogP contribution in [0.15, 0.2) is 42.6 Å². The minimum atomic E-state index is -0.358. The molecular formula is C21H25N3O3. The molecule has 1 aromatic heterocycles. The number of carbonyl (C=O) groups is 2. The first-order valence-corrected chi connectivity index (χ1v) is 9.29. The Morgan fingerprint density at radius 3 is 2.44 bits per heavy atom. The molecule has 0 radical (unpaired) electrons. The summed E-state index contributed by atoms with van der Waals surface area (Å²) in [6.45, 7) is 6.96. The number of carbonyl (C=O) groups excluding carboxylic acids is 2. The van der Waals surface area contributed by atoms with E-state index in [1.165, 1.54) is 0 Å². The highest BCUT2D eigenvalue weighted by Gasteiger charge is 2.22. The molecule has 0 N–H and O–H groups in total. The molecule has 1 saturated heterocycles. The van der Waals surface area contributed by atoms with Crippen molar-refractivity contribution in [1.29, 1.82) is 0 Å². The molecule has 0 aliphatic carbocycles. The van der Waals surface area contributed by atoms with Gasteiger partial charge >= 0.3 is 5.97 Å². The SMILES string of the molecule is CCOC(=O)c1ccc(N2CCN(C(=O)Cc3ccccc3C)CC2)nc1. The van der Waals surface area contributed by atoms with Crippen molar-refractivity contribution in [3.63, 3.8) is 0 Å². The first-order valence-electron chi connectivity index (χ1n) is 9.29. The van der Waals surface area contributed by atoms with E-state index in [1.807, 2.05) is 42.2 Å². The molecule has 0 spiro atoms. The van der Waals surface area contributed by atoms with E-state index in [-0.39, 0.29) is 11.9 Å². The molecule has 1 aliphatic heterocycles. The molecule has 1 amide bonds. The number of ether oxygens (including phenoxy) is 1. The van der Waals surface area contributed by atoms with Crippen LogP contribution in [-0.2, 0) is 16.0 Å². The van der Waals surface area contributed by atoms with E-state index in [1.54, 1.807) is 19.2 Å². The summed E-state index contributed by atoms with van der Waals surface area (Å²) in [6.07, 6.45) is 1.99. The number of aryl methyl sites for hydroxylation is 1. The quantitative estimate of drug-likeness (QED) is 0.760. The average molecular weight is 367 g/mol. The van der Waals surface area contributed by atoms with Gasteiger partial charge in [0.1, 0.15) is 5.82 Å². The Hall–Kier alpha value is -2.89. The Labute approximate surface area is 159 Å². The lowest BCUT2D eigenvalue weighted by atomic mass is 10.1. The molecule has 6 heteroatoms. The number of hydrogen-bond acceptors (Lipinski definition) is 5. The first kappa shape index (κ1) is 18.9. The van der Waals surface area contributed by atoms with Crippen molar-refractivity contribution in [2.75, 3.05) is 37.7 Å². The van der Waals surface area contributed by atoms with Crippen LogP contribution >= 0.6 is 0 Å².